The summed E-state index contributed by atoms with van der Waals surface area (Å²) in [4.78, 5) is 19.3. The quantitative estimate of drug-likeness (QED) is 0.380. The highest BCUT2D eigenvalue weighted by atomic mass is 16.3. The molecule has 0 fully saturated rings. The van der Waals surface area contributed by atoms with E-state index in [1.165, 1.54) is 13.8 Å². The Morgan fingerprint density at radius 3 is 2.00 bits per heavy atom. The van der Waals surface area contributed by atoms with Crippen molar-refractivity contribution in [3.8, 4) is 0 Å². The third-order valence-electron chi connectivity index (χ3n) is 0.524. The second-order valence-corrected chi connectivity index (χ2v) is 1.86. The molecule has 3 heteroatoms. The average Bonchev–Trinajstić information content (AvgIpc) is 1.68. The van der Waals surface area contributed by atoms with Crippen LogP contribution in [0.1, 0.15) is 13.8 Å². The van der Waals surface area contributed by atoms with Crippen LogP contribution in [0, 0.1) is 4.91 Å². The van der Waals surface area contributed by atoms with Gasteiger partial charge in [0.1, 0.15) is 0 Å². The lowest BCUT2D eigenvalue weighted by atomic mass is 10.1. The molecule has 0 spiro atoms. The first-order chi connectivity index (χ1) is 3.12. The number of hydrogen-bond donors (Lipinski definition) is 0. The fraction of sp³-hybridized carbons (Fsp3) is 0.750. The van der Waals surface area contributed by atoms with Gasteiger partial charge in [-0.15, -0.1) is 4.91 Å². The maximum atomic E-state index is 9.76. The first kappa shape index (κ1) is 6.27. The third kappa shape index (κ3) is 2.03. The first-order valence-corrected chi connectivity index (χ1v) is 1.93. The lowest BCUT2D eigenvalue weighted by Crippen LogP contribution is -2.16. The van der Waals surface area contributed by atoms with Gasteiger partial charge in [-0.05, 0) is 13.8 Å². The number of nitrogens with zero attached hydrogens (tertiary/aromatic N) is 1. The maximum absolute atomic E-state index is 9.76. The summed E-state index contributed by atoms with van der Waals surface area (Å²) in [6.07, 6.45) is 0.514. The average molecular weight is 101 g/mol. The lowest BCUT2D eigenvalue weighted by Gasteiger charge is -2.00. The van der Waals surface area contributed by atoms with Gasteiger partial charge in [0.05, 0.1) is 0 Å². The number of hydrogen-bond acceptors (Lipinski definition) is 3. The highest BCUT2D eigenvalue weighted by molar-refractivity contribution is 5.62. The van der Waals surface area contributed by atoms with E-state index in [2.05, 4.69) is 5.18 Å². The summed E-state index contributed by atoms with van der Waals surface area (Å²) in [6, 6.07) is 0. The fourth-order valence-electron chi connectivity index (χ4n) is 0.0215. The zero-order valence-corrected chi connectivity index (χ0v) is 4.34. The normalized spacial score (nSPS) is 10.6. The fourth-order valence-corrected chi connectivity index (χ4v) is 0.0215. The van der Waals surface area contributed by atoms with E-state index in [0.717, 1.165) is 0 Å². The van der Waals surface area contributed by atoms with Gasteiger partial charge >= 0.3 is 0 Å². The van der Waals surface area contributed by atoms with Crippen LogP contribution in [-0.2, 0) is 4.79 Å². The van der Waals surface area contributed by atoms with Gasteiger partial charge in [0.25, 0.3) is 0 Å². The van der Waals surface area contributed by atoms with Crippen molar-refractivity contribution >= 4 is 6.29 Å². The van der Waals surface area contributed by atoms with Crippen LogP contribution in [0.15, 0.2) is 5.18 Å². The molecule has 0 rings (SSSR count). The monoisotopic (exact) mass is 101 g/mol. The molecular weight excluding hydrogens is 94.0 g/mol. The number of carbonyl (C=O) groups excluding carboxylic acids is 1. The molecule has 7 heavy (non-hydrogen) atoms. The SMILES string of the molecule is CC(C)(C=O)N=O. The molecule has 0 aliphatic rings. The highest BCUT2D eigenvalue weighted by Gasteiger charge is 2.14. The number of nitroso groups, excluding NO2 is 1. The van der Waals surface area contributed by atoms with Gasteiger partial charge in [-0.2, -0.15) is 0 Å². The Morgan fingerprint density at radius 2 is 2.00 bits per heavy atom. The molecule has 0 aromatic carbocycles. The molecule has 0 unspecified atom stereocenters. The Balaban J connectivity index is 3.82. The molecule has 0 atom stereocenters. The molecule has 0 aliphatic heterocycles. The summed E-state index contributed by atoms with van der Waals surface area (Å²) < 4.78 is 0. The van der Waals surface area contributed by atoms with Gasteiger partial charge in [0, 0.05) is 0 Å². The molecule has 0 amide bonds. The van der Waals surface area contributed by atoms with Crippen LogP contribution >= 0.6 is 0 Å². The number of rotatable bonds is 2. The predicted octanol–water partition coefficient (Wildman–Crippen LogP) is 0.730. The summed E-state index contributed by atoms with van der Waals surface area (Å²) in [5.74, 6) is 0. The standard InChI is InChI=1S/C4H7NO2/c1-4(2,3-6)5-7/h3H,1-2H3. The highest BCUT2D eigenvalue weighted by Crippen LogP contribution is 2.00. The van der Waals surface area contributed by atoms with E-state index < -0.39 is 5.54 Å². The van der Waals surface area contributed by atoms with Crippen molar-refractivity contribution in [2.75, 3.05) is 0 Å². The van der Waals surface area contributed by atoms with Gasteiger partial charge in [-0.3, -0.25) is 0 Å². The molecule has 0 aromatic heterocycles. The maximum Gasteiger partial charge on any atom is 0.152 e. The third-order valence-corrected chi connectivity index (χ3v) is 0.524. The number of carbonyl (C=O) groups is 1. The molecular formula is C4H7NO2. The van der Waals surface area contributed by atoms with Gasteiger partial charge in [-0.25, -0.2) is 0 Å². The predicted molar refractivity (Wildman–Crippen MR) is 25.9 cm³/mol. The van der Waals surface area contributed by atoms with Crippen molar-refractivity contribution in [1.29, 1.82) is 0 Å². The zero-order valence-electron chi connectivity index (χ0n) is 4.34. The van der Waals surface area contributed by atoms with Gasteiger partial charge < -0.3 is 4.79 Å². The van der Waals surface area contributed by atoms with Crippen molar-refractivity contribution < 1.29 is 4.79 Å². The van der Waals surface area contributed by atoms with Crippen LogP contribution in [0.3, 0.4) is 0 Å². The van der Waals surface area contributed by atoms with Crippen LogP contribution in [0.25, 0.3) is 0 Å². The number of aldehydes is 1. The summed E-state index contributed by atoms with van der Waals surface area (Å²) in [5, 5.41) is 2.52. The molecule has 40 valence electrons. The topological polar surface area (TPSA) is 46.5 Å². The molecule has 0 aliphatic carbocycles. The summed E-state index contributed by atoms with van der Waals surface area (Å²) in [7, 11) is 0. The second-order valence-electron chi connectivity index (χ2n) is 1.86. The van der Waals surface area contributed by atoms with Crippen LogP contribution in [-0.4, -0.2) is 11.8 Å². The van der Waals surface area contributed by atoms with Crippen molar-refractivity contribution in [3.05, 3.63) is 4.91 Å². The molecule has 0 radical (unpaired) electrons. The lowest BCUT2D eigenvalue weighted by molar-refractivity contribution is -0.111. The summed E-state index contributed by atoms with van der Waals surface area (Å²) >= 11 is 0. The van der Waals surface area contributed by atoms with Crippen LogP contribution in [0.5, 0.6) is 0 Å². The van der Waals surface area contributed by atoms with E-state index in [9.17, 15) is 9.70 Å². The van der Waals surface area contributed by atoms with E-state index in [0.29, 0.717) is 6.29 Å². The molecule has 0 saturated heterocycles. The van der Waals surface area contributed by atoms with Crippen molar-refractivity contribution in [2.24, 2.45) is 5.18 Å². The van der Waals surface area contributed by atoms with Crippen molar-refractivity contribution in [1.82, 2.24) is 0 Å². The smallest absolute Gasteiger partial charge is 0.152 e. The van der Waals surface area contributed by atoms with Gasteiger partial charge in [-0.1, -0.05) is 5.18 Å². The minimum Gasteiger partial charge on any atom is -0.301 e. The first-order valence-electron chi connectivity index (χ1n) is 1.93. The van der Waals surface area contributed by atoms with Crippen LogP contribution in [0.4, 0.5) is 0 Å². The van der Waals surface area contributed by atoms with Gasteiger partial charge in [0.2, 0.25) is 0 Å². The Labute approximate surface area is 41.7 Å². The Hall–Kier alpha value is -0.730. The van der Waals surface area contributed by atoms with Crippen molar-refractivity contribution in [3.63, 3.8) is 0 Å². The Morgan fingerprint density at radius 1 is 1.57 bits per heavy atom. The van der Waals surface area contributed by atoms with E-state index in [-0.39, 0.29) is 0 Å². The Bertz CT molecular complexity index is 77.7. The molecule has 0 saturated carbocycles. The van der Waals surface area contributed by atoms with E-state index in [1.54, 1.807) is 0 Å². The molecule has 0 heterocycles. The Kier molecular flexibility index (Phi) is 1.63. The molecule has 0 aromatic rings. The summed E-state index contributed by atoms with van der Waals surface area (Å²) in [5.41, 5.74) is -1.03. The van der Waals surface area contributed by atoms with Crippen molar-refractivity contribution in [2.45, 2.75) is 19.4 Å². The second kappa shape index (κ2) is 1.82. The van der Waals surface area contributed by atoms with E-state index in [1.807, 2.05) is 0 Å². The summed E-state index contributed by atoms with van der Waals surface area (Å²) in [6.45, 7) is 2.90. The van der Waals surface area contributed by atoms with Crippen LogP contribution in [0.2, 0.25) is 0 Å². The minimum absolute atomic E-state index is 0.514. The van der Waals surface area contributed by atoms with E-state index >= 15 is 0 Å². The zero-order chi connectivity index (χ0) is 5.91. The van der Waals surface area contributed by atoms with E-state index in [4.69, 9.17) is 0 Å². The molecule has 0 N–H and O–H groups in total. The molecule has 0 bridgehead atoms. The van der Waals surface area contributed by atoms with Crippen LogP contribution < -0.4 is 0 Å². The largest absolute Gasteiger partial charge is 0.301 e. The van der Waals surface area contributed by atoms with Gasteiger partial charge in [0.15, 0.2) is 11.8 Å². The minimum atomic E-state index is -1.03. The molecule has 3 nitrogen and oxygen atoms in total.